The summed E-state index contributed by atoms with van der Waals surface area (Å²) in [6.07, 6.45) is 0. The van der Waals surface area contributed by atoms with Crippen molar-refractivity contribution in [1.82, 2.24) is 4.98 Å². The second-order valence-corrected chi connectivity index (χ2v) is 3.91. The first kappa shape index (κ1) is 12.4. The standard InChI is InChI=1S/C14H17N3O/c1-18-14-9-5-8-13(17-14)16-12(10-15)11-6-3-2-4-7-11/h2-9,12H,10,15H2,1H3,(H,16,17). The highest BCUT2D eigenvalue weighted by molar-refractivity contribution is 5.40. The van der Waals surface area contributed by atoms with Gasteiger partial charge in [0.1, 0.15) is 5.82 Å². The minimum absolute atomic E-state index is 0.0470. The lowest BCUT2D eigenvalue weighted by Crippen LogP contribution is -2.21. The number of hydrogen-bond donors (Lipinski definition) is 2. The summed E-state index contributed by atoms with van der Waals surface area (Å²) in [4.78, 5) is 4.32. The van der Waals surface area contributed by atoms with Gasteiger partial charge in [0.2, 0.25) is 5.88 Å². The Morgan fingerprint density at radius 1 is 1.17 bits per heavy atom. The Bertz CT molecular complexity index is 487. The van der Waals surface area contributed by atoms with Crippen molar-refractivity contribution in [3.05, 3.63) is 54.1 Å². The van der Waals surface area contributed by atoms with Crippen LogP contribution >= 0.6 is 0 Å². The van der Waals surface area contributed by atoms with Crippen molar-refractivity contribution in [2.45, 2.75) is 6.04 Å². The molecule has 94 valence electrons. The number of ether oxygens (including phenoxy) is 1. The van der Waals surface area contributed by atoms with Crippen LogP contribution in [0.5, 0.6) is 5.88 Å². The molecule has 0 aliphatic rings. The van der Waals surface area contributed by atoms with Gasteiger partial charge in [0, 0.05) is 12.6 Å². The first-order chi connectivity index (χ1) is 8.83. The van der Waals surface area contributed by atoms with Gasteiger partial charge in [-0.15, -0.1) is 0 Å². The first-order valence-electron chi connectivity index (χ1n) is 5.86. The van der Waals surface area contributed by atoms with Gasteiger partial charge in [-0.3, -0.25) is 0 Å². The fourth-order valence-electron chi connectivity index (χ4n) is 1.75. The fraction of sp³-hybridized carbons (Fsp3) is 0.214. The maximum Gasteiger partial charge on any atom is 0.214 e. The number of rotatable bonds is 5. The van der Waals surface area contributed by atoms with E-state index in [0.717, 1.165) is 11.4 Å². The second kappa shape index (κ2) is 6.02. The van der Waals surface area contributed by atoms with Crippen LogP contribution in [0.3, 0.4) is 0 Å². The summed E-state index contributed by atoms with van der Waals surface area (Å²) < 4.78 is 5.09. The number of aromatic nitrogens is 1. The van der Waals surface area contributed by atoms with Crippen LogP contribution in [0.2, 0.25) is 0 Å². The van der Waals surface area contributed by atoms with Crippen LogP contribution in [0, 0.1) is 0 Å². The van der Waals surface area contributed by atoms with E-state index >= 15 is 0 Å². The lowest BCUT2D eigenvalue weighted by atomic mass is 10.1. The molecule has 0 spiro atoms. The number of hydrogen-bond acceptors (Lipinski definition) is 4. The molecule has 0 saturated heterocycles. The molecule has 2 rings (SSSR count). The molecule has 0 aliphatic carbocycles. The average Bonchev–Trinajstić information content (AvgIpc) is 2.46. The molecule has 4 nitrogen and oxygen atoms in total. The summed E-state index contributed by atoms with van der Waals surface area (Å²) in [5.74, 6) is 1.34. The van der Waals surface area contributed by atoms with Crippen molar-refractivity contribution in [2.24, 2.45) is 5.73 Å². The minimum atomic E-state index is 0.0470. The molecule has 0 radical (unpaired) electrons. The summed E-state index contributed by atoms with van der Waals surface area (Å²) in [7, 11) is 1.60. The van der Waals surface area contributed by atoms with E-state index in [0.29, 0.717) is 12.4 Å². The van der Waals surface area contributed by atoms with Gasteiger partial charge in [0.15, 0.2) is 0 Å². The molecule has 1 heterocycles. The molecule has 0 aliphatic heterocycles. The molecule has 3 N–H and O–H groups in total. The van der Waals surface area contributed by atoms with Gasteiger partial charge >= 0.3 is 0 Å². The number of nitrogens with two attached hydrogens (primary N) is 1. The number of pyridine rings is 1. The van der Waals surface area contributed by atoms with E-state index in [1.165, 1.54) is 0 Å². The first-order valence-corrected chi connectivity index (χ1v) is 5.86. The molecule has 4 heteroatoms. The monoisotopic (exact) mass is 243 g/mol. The predicted octanol–water partition coefficient (Wildman–Crippen LogP) is 2.20. The maximum absolute atomic E-state index is 5.80. The highest BCUT2D eigenvalue weighted by Crippen LogP contribution is 2.18. The smallest absolute Gasteiger partial charge is 0.214 e. The van der Waals surface area contributed by atoms with E-state index < -0.39 is 0 Å². The third-order valence-corrected chi connectivity index (χ3v) is 2.69. The third-order valence-electron chi connectivity index (χ3n) is 2.69. The molecule has 0 saturated carbocycles. The molecule has 1 aromatic heterocycles. The van der Waals surface area contributed by atoms with Crippen LogP contribution in [0.15, 0.2) is 48.5 Å². The Balaban J connectivity index is 2.15. The van der Waals surface area contributed by atoms with E-state index in [1.54, 1.807) is 7.11 Å². The zero-order chi connectivity index (χ0) is 12.8. The van der Waals surface area contributed by atoms with Gasteiger partial charge in [-0.1, -0.05) is 36.4 Å². The lowest BCUT2D eigenvalue weighted by Gasteiger charge is -2.18. The molecule has 0 amide bonds. The topological polar surface area (TPSA) is 60.2 Å². The quantitative estimate of drug-likeness (QED) is 0.845. The Hall–Kier alpha value is -2.07. The van der Waals surface area contributed by atoms with Gasteiger partial charge < -0.3 is 15.8 Å². The predicted molar refractivity (Wildman–Crippen MR) is 72.6 cm³/mol. The molecule has 1 unspecified atom stereocenters. The Morgan fingerprint density at radius 3 is 2.61 bits per heavy atom. The Kier molecular flexibility index (Phi) is 4.15. The van der Waals surface area contributed by atoms with Gasteiger partial charge in [-0.05, 0) is 11.6 Å². The summed E-state index contributed by atoms with van der Waals surface area (Å²) >= 11 is 0. The van der Waals surface area contributed by atoms with Gasteiger partial charge in [-0.2, -0.15) is 4.98 Å². The lowest BCUT2D eigenvalue weighted by molar-refractivity contribution is 0.398. The zero-order valence-corrected chi connectivity index (χ0v) is 10.3. The Morgan fingerprint density at radius 2 is 1.94 bits per heavy atom. The minimum Gasteiger partial charge on any atom is -0.481 e. The number of benzene rings is 1. The van der Waals surface area contributed by atoms with Crippen LogP contribution in [-0.2, 0) is 0 Å². The average molecular weight is 243 g/mol. The van der Waals surface area contributed by atoms with Gasteiger partial charge in [-0.25, -0.2) is 0 Å². The van der Waals surface area contributed by atoms with Crippen molar-refractivity contribution < 1.29 is 4.74 Å². The summed E-state index contributed by atoms with van der Waals surface area (Å²) in [6, 6.07) is 15.7. The molecular formula is C14H17N3O. The largest absolute Gasteiger partial charge is 0.481 e. The van der Waals surface area contributed by atoms with E-state index in [-0.39, 0.29) is 6.04 Å². The summed E-state index contributed by atoms with van der Waals surface area (Å²) in [5, 5.41) is 3.30. The van der Waals surface area contributed by atoms with Crippen molar-refractivity contribution in [1.29, 1.82) is 0 Å². The van der Waals surface area contributed by atoms with Crippen molar-refractivity contribution in [3.8, 4) is 5.88 Å². The zero-order valence-electron chi connectivity index (χ0n) is 10.3. The van der Waals surface area contributed by atoms with Crippen LogP contribution < -0.4 is 15.8 Å². The highest BCUT2D eigenvalue weighted by atomic mass is 16.5. The number of nitrogens with zero attached hydrogens (tertiary/aromatic N) is 1. The van der Waals surface area contributed by atoms with Crippen LogP contribution in [-0.4, -0.2) is 18.6 Å². The molecule has 0 fully saturated rings. The van der Waals surface area contributed by atoms with Crippen LogP contribution in [0.25, 0.3) is 0 Å². The van der Waals surface area contributed by atoms with Crippen molar-refractivity contribution >= 4 is 5.82 Å². The SMILES string of the molecule is COc1cccc(NC(CN)c2ccccc2)n1. The normalized spacial score (nSPS) is 11.9. The van der Waals surface area contributed by atoms with E-state index in [4.69, 9.17) is 10.5 Å². The van der Waals surface area contributed by atoms with E-state index in [1.807, 2.05) is 48.5 Å². The third kappa shape index (κ3) is 2.99. The summed E-state index contributed by atoms with van der Waals surface area (Å²) in [6.45, 7) is 0.503. The molecular weight excluding hydrogens is 226 g/mol. The van der Waals surface area contributed by atoms with E-state index in [9.17, 15) is 0 Å². The van der Waals surface area contributed by atoms with Crippen LogP contribution in [0.1, 0.15) is 11.6 Å². The number of methoxy groups -OCH3 is 1. The van der Waals surface area contributed by atoms with Crippen LogP contribution in [0.4, 0.5) is 5.82 Å². The highest BCUT2D eigenvalue weighted by Gasteiger charge is 2.09. The molecule has 1 aromatic carbocycles. The second-order valence-electron chi connectivity index (χ2n) is 3.91. The van der Waals surface area contributed by atoms with E-state index in [2.05, 4.69) is 10.3 Å². The number of anilines is 1. The molecule has 1 atom stereocenters. The number of nitrogens with one attached hydrogen (secondary N) is 1. The molecule has 0 bridgehead atoms. The maximum atomic E-state index is 5.80. The van der Waals surface area contributed by atoms with Gasteiger partial charge in [0.05, 0.1) is 13.2 Å². The summed E-state index contributed by atoms with van der Waals surface area (Å²) in [5.41, 5.74) is 6.94. The molecule has 18 heavy (non-hydrogen) atoms. The van der Waals surface area contributed by atoms with Gasteiger partial charge in [0.25, 0.3) is 0 Å². The molecule has 2 aromatic rings. The van der Waals surface area contributed by atoms with Crippen molar-refractivity contribution in [3.63, 3.8) is 0 Å². The Labute approximate surface area is 107 Å². The fourth-order valence-corrected chi connectivity index (χ4v) is 1.75. The van der Waals surface area contributed by atoms with Crippen molar-refractivity contribution in [2.75, 3.05) is 19.0 Å².